The molecule has 194 valence electrons. The highest BCUT2D eigenvalue weighted by Crippen LogP contribution is 2.64. The van der Waals surface area contributed by atoms with Crippen LogP contribution in [0.1, 0.15) is 65.4 Å². The SMILES string of the molecule is C=C1C2=CC[C@@H](c3ccoc3)[C@]2(C)[C@@H](OC(C)=O)CC1[C@@]1(C)C=CC(=O)OC(C)(C)[C@@H]1CC(=O)OC. The van der Waals surface area contributed by atoms with Crippen LogP contribution in [0.3, 0.4) is 0 Å². The highest BCUT2D eigenvalue weighted by Gasteiger charge is 2.60. The summed E-state index contributed by atoms with van der Waals surface area (Å²) in [6.07, 6.45) is 9.77. The third kappa shape index (κ3) is 4.12. The van der Waals surface area contributed by atoms with Crippen LogP contribution in [0.25, 0.3) is 0 Å². The molecule has 0 N–H and O–H groups in total. The quantitative estimate of drug-likeness (QED) is 0.404. The number of carbonyl (C=O) groups is 3. The van der Waals surface area contributed by atoms with Gasteiger partial charge in [0.1, 0.15) is 11.7 Å². The molecule has 36 heavy (non-hydrogen) atoms. The van der Waals surface area contributed by atoms with Gasteiger partial charge in [0, 0.05) is 35.7 Å². The summed E-state index contributed by atoms with van der Waals surface area (Å²) in [6, 6.07) is 1.96. The maximum absolute atomic E-state index is 12.5. The Morgan fingerprint density at radius 2 is 1.92 bits per heavy atom. The van der Waals surface area contributed by atoms with Crippen LogP contribution >= 0.6 is 0 Å². The molecule has 0 amide bonds. The lowest BCUT2D eigenvalue weighted by Gasteiger charge is -2.54. The summed E-state index contributed by atoms with van der Waals surface area (Å²) < 4.78 is 22.2. The molecular formula is C29H36O7. The topological polar surface area (TPSA) is 92.0 Å². The maximum Gasteiger partial charge on any atom is 0.330 e. The van der Waals surface area contributed by atoms with E-state index in [-0.39, 0.29) is 30.2 Å². The lowest BCUT2D eigenvalue weighted by Crippen LogP contribution is -2.53. The van der Waals surface area contributed by atoms with Crippen molar-refractivity contribution in [1.29, 1.82) is 0 Å². The van der Waals surface area contributed by atoms with Crippen LogP contribution in [0.5, 0.6) is 0 Å². The summed E-state index contributed by atoms with van der Waals surface area (Å²) in [7, 11) is 1.35. The van der Waals surface area contributed by atoms with Gasteiger partial charge in [-0.1, -0.05) is 32.6 Å². The van der Waals surface area contributed by atoms with E-state index < -0.39 is 34.4 Å². The van der Waals surface area contributed by atoms with Crippen molar-refractivity contribution < 1.29 is 33.0 Å². The fraction of sp³-hybridized carbons (Fsp3) is 0.552. The van der Waals surface area contributed by atoms with Gasteiger partial charge in [0.25, 0.3) is 0 Å². The molecule has 1 unspecified atom stereocenters. The predicted octanol–water partition coefficient (Wildman–Crippen LogP) is 5.28. The number of hydrogen-bond acceptors (Lipinski definition) is 7. The molecule has 6 atom stereocenters. The summed E-state index contributed by atoms with van der Waals surface area (Å²) in [6.45, 7) is 13.8. The van der Waals surface area contributed by atoms with Crippen molar-refractivity contribution in [1.82, 2.24) is 0 Å². The number of ether oxygens (including phenoxy) is 3. The first-order valence-electron chi connectivity index (χ1n) is 12.4. The van der Waals surface area contributed by atoms with Crippen molar-refractivity contribution in [3.63, 3.8) is 0 Å². The number of methoxy groups -OCH3 is 1. The molecule has 1 aromatic heterocycles. The van der Waals surface area contributed by atoms with E-state index in [4.69, 9.17) is 18.6 Å². The second-order valence-electron chi connectivity index (χ2n) is 11.2. The first-order valence-corrected chi connectivity index (χ1v) is 12.4. The van der Waals surface area contributed by atoms with Crippen LogP contribution in [-0.4, -0.2) is 36.7 Å². The van der Waals surface area contributed by atoms with Gasteiger partial charge in [0.15, 0.2) is 0 Å². The van der Waals surface area contributed by atoms with E-state index >= 15 is 0 Å². The Hall–Kier alpha value is -3.09. The Morgan fingerprint density at radius 3 is 2.53 bits per heavy atom. The molecule has 0 radical (unpaired) electrons. The van der Waals surface area contributed by atoms with Crippen molar-refractivity contribution in [2.75, 3.05) is 7.11 Å². The summed E-state index contributed by atoms with van der Waals surface area (Å²) in [5, 5.41) is 0. The lowest BCUT2D eigenvalue weighted by atomic mass is 9.51. The molecule has 2 aliphatic carbocycles. The molecule has 1 fully saturated rings. The van der Waals surface area contributed by atoms with Gasteiger partial charge in [-0.15, -0.1) is 0 Å². The third-order valence-corrected chi connectivity index (χ3v) is 8.88. The van der Waals surface area contributed by atoms with Crippen LogP contribution in [0.4, 0.5) is 0 Å². The average Bonchev–Trinajstić information content (AvgIpc) is 3.43. The first kappa shape index (κ1) is 26.0. The standard InChI is InChI=1S/C29H36O7/c1-17-20-8-9-21(19-11-13-34-16-19)29(20,6)24(35-18(2)30)14-22(17)28(5)12-10-25(31)36-27(3,4)23(28)15-26(32)33-7/h8,10-13,16,21-24H,1,9,14-15H2,2-7H3/t21-,22?,23-,24-,28+,29+/m0/s1. The first-order chi connectivity index (χ1) is 16.8. The number of allylic oxidation sites excluding steroid dienone is 3. The Morgan fingerprint density at radius 1 is 1.19 bits per heavy atom. The molecular weight excluding hydrogens is 460 g/mol. The zero-order valence-corrected chi connectivity index (χ0v) is 22.0. The number of furan rings is 1. The van der Waals surface area contributed by atoms with E-state index in [1.807, 2.05) is 32.9 Å². The van der Waals surface area contributed by atoms with Crippen molar-refractivity contribution in [3.05, 3.63) is 60.1 Å². The smallest absolute Gasteiger partial charge is 0.330 e. The number of carbonyl (C=O) groups excluding carboxylic acids is 3. The molecule has 0 bridgehead atoms. The van der Waals surface area contributed by atoms with Gasteiger partial charge in [-0.25, -0.2) is 4.79 Å². The molecule has 0 spiro atoms. The van der Waals surface area contributed by atoms with Crippen molar-refractivity contribution >= 4 is 17.9 Å². The summed E-state index contributed by atoms with van der Waals surface area (Å²) in [5.41, 5.74) is 0.876. The summed E-state index contributed by atoms with van der Waals surface area (Å²) in [5.74, 6) is -1.75. The molecule has 4 rings (SSSR count). The zero-order valence-electron chi connectivity index (χ0n) is 22.0. The van der Waals surface area contributed by atoms with Crippen LogP contribution < -0.4 is 0 Å². The predicted molar refractivity (Wildman–Crippen MR) is 133 cm³/mol. The van der Waals surface area contributed by atoms with E-state index in [9.17, 15) is 14.4 Å². The number of cyclic esters (lactones) is 1. The largest absolute Gasteiger partial charge is 0.472 e. The van der Waals surface area contributed by atoms with Gasteiger partial charge >= 0.3 is 17.9 Å². The van der Waals surface area contributed by atoms with Crippen LogP contribution in [0.15, 0.2) is 59.0 Å². The average molecular weight is 497 g/mol. The lowest BCUT2D eigenvalue weighted by molar-refractivity contribution is -0.167. The number of fused-ring (bicyclic) bond motifs is 1. The van der Waals surface area contributed by atoms with Crippen LogP contribution in [0, 0.1) is 22.7 Å². The van der Waals surface area contributed by atoms with Gasteiger partial charge in [-0.2, -0.15) is 0 Å². The summed E-state index contributed by atoms with van der Waals surface area (Å²) in [4.78, 5) is 37.4. The minimum atomic E-state index is -0.954. The van der Waals surface area contributed by atoms with Crippen molar-refractivity contribution in [2.45, 2.75) is 71.5 Å². The Kier molecular flexibility index (Phi) is 6.56. The van der Waals surface area contributed by atoms with E-state index in [2.05, 4.69) is 19.6 Å². The fourth-order valence-corrected chi connectivity index (χ4v) is 7.06. The van der Waals surface area contributed by atoms with Gasteiger partial charge in [-0.3, -0.25) is 9.59 Å². The van der Waals surface area contributed by atoms with Gasteiger partial charge in [0.05, 0.1) is 26.1 Å². The molecule has 3 aliphatic rings. The van der Waals surface area contributed by atoms with Crippen molar-refractivity contribution in [3.8, 4) is 0 Å². The highest BCUT2D eigenvalue weighted by molar-refractivity contribution is 5.83. The minimum absolute atomic E-state index is 0.0631. The maximum atomic E-state index is 12.5. The number of hydrogen-bond donors (Lipinski definition) is 0. The number of rotatable bonds is 5. The van der Waals surface area contributed by atoms with Gasteiger partial charge in [-0.05, 0) is 55.4 Å². The highest BCUT2D eigenvalue weighted by atomic mass is 16.6. The molecule has 0 saturated heterocycles. The fourth-order valence-electron chi connectivity index (χ4n) is 7.06. The molecule has 7 nitrogen and oxygen atoms in total. The van der Waals surface area contributed by atoms with Crippen molar-refractivity contribution in [2.24, 2.45) is 22.7 Å². The van der Waals surface area contributed by atoms with Crippen LogP contribution in [-0.2, 0) is 28.6 Å². The van der Waals surface area contributed by atoms with Gasteiger partial charge < -0.3 is 18.6 Å². The summed E-state index contributed by atoms with van der Waals surface area (Å²) >= 11 is 0. The van der Waals surface area contributed by atoms with E-state index in [0.29, 0.717) is 6.42 Å². The Balaban J connectivity index is 1.82. The van der Waals surface area contributed by atoms with E-state index in [0.717, 1.165) is 23.1 Å². The molecule has 0 aromatic carbocycles. The second kappa shape index (κ2) is 9.09. The van der Waals surface area contributed by atoms with Crippen LogP contribution in [0.2, 0.25) is 0 Å². The number of esters is 3. The molecule has 7 heteroatoms. The minimum Gasteiger partial charge on any atom is -0.472 e. The molecule has 1 aromatic rings. The zero-order chi connectivity index (χ0) is 26.5. The second-order valence-corrected chi connectivity index (χ2v) is 11.2. The molecule has 1 aliphatic heterocycles. The Labute approximate surface area is 212 Å². The normalized spacial score (nSPS) is 35.3. The molecule has 1 saturated carbocycles. The Bertz CT molecular complexity index is 1120. The van der Waals surface area contributed by atoms with Gasteiger partial charge in [0.2, 0.25) is 0 Å². The molecule has 2 heterocycles. The third-order valence-electron chi connectivity index (χ3n) is 8.88. The van der Waals surface area contributed by atoms with E-state index in [1.165, 1.54) is 20.1 Å². The monoisotopic (exact) mass is 496 g/mol. The van der Waals surface area contributed by atoms with E-state index in [1.54, 1.807) is 12.5 Å².